The first-order chi connectivity index (χ1) is 13.7. The number of fused-ring (bicyclic) bond motifs is 1. The minimum absolute atomic E-state index is 0.156. The lowest BCUT2D eigenvalue weighted by molar-refractivity contribution is 0.0638. The van der Waals surface area contributed by atoms with Gasteiger partial charge in [0.2, 0.25) is 0 Å². The fourth-order valence-corrected chi connectivity index (χ4v) is 4.40. The lowest BCUT2D eigenvalue weighted by Gasteiger charge is -2.32. The number of hydrogen-bond donors (Lipinski definition) is 1. The standard InChI is InChI=1S/C22H25N3O2S/c1-24-11-13-25(14-12-24)23-22(26)21-19(18-9-5-6-10-20(18)27-21)16-28-15-17-7-3-2-4-8-17/h2-10H,11-16H2,1H3,(H,23,26). The molecule has 0 radical (unpaired) electrons. The zero-order valence-electron chi connectivity index (χ0n) is 16.1. The highest BCUT2D eigenvalue weighted by atomic mass is 32.2. The molecular formula is C22H25N3O2S. The van der Waals surface area contributed by atoms with E-state index in [-0.39, 0.29) is 5.91 Å². The first kappa shape index (κ1) is 19.1. The molecule has 1 aliphatic rings. The second-order valence-corrected chi connectivity index (χ2v) is 8.10. The Labute approximate surface area is 169 Å². The molecule has 1 aliphatic heterocycles. The molecule has 146 valence electrons. The molecular weight excluding hydrogens is 370 g/mol. The van der Waals surface area contributed by atoms with Crippen molar-refractivity contribution in [2.24, 2.45) is 0 Å². The van der Waals surface area contributed by atoms with E-state index in [9.17, 15) is 4.79 Å². The van der Waals surface area contributed by atoms with Gasteiger partial charge in [-0.25, -0.2) is 5.01 Å². The van der Waals surface area contributed by atoms with Crippen molar-refractivity contribution in [3.05, 3.63) is 71.5 Å². The van der Waals surface area contributed by atoms with E-state index in [1.54, 1.807) is 11.8 Å². The van der Waals surface area contributed by atoms with Crippen molar-refractivity contribution in [2.75, 3.05) is 33.2 Å². The van der Waals surface area contributed by atoms with E-state index in [2.05, 4.69) is 41.6 Å². The summed E-state index contributed by atoms with van der Waals surface area (Å²) in [4.78, 5) is 15.2. The Morgan fingerprint density at radius 1 is 1.00 bits per heavy atom. The molecule has 0 spiro atoms. The highest BCUT2D eigenvalue weighted by molar-refractivity contribution is 7.97. The number of nitrogens with one attached hydrogen (secondary N) is 1. The first-order valence-electron chi connectivity index (χ1n) is 9.57. The van der Waals surface area contributed by atoms with Gasteiger partial charge in [-0.05, 0) is 18.7 Å². The quantitative estimate of drug-likeness (QED) is 0.689. The third kappa shape index (κ3) is 4.41. The molecule has 2 heterocycles. The summed E-state index contributed by atoms with van der Waals surface area (Å²) in [6.45, 7) is 3.53. The number of piperazine rings is 1. The minimum Gasteiger partial charge on any atom is -0.451 e. The number of thioether (sulfide) groups is 1. The third-order valence-corrected chi connectivity index (χ3v) is 6.06. The highest BCUT2D eigenvalue weighted by Gasteiger charge is 2.23. The molecule has 28 heavy (non-hydrogen) atoms. The third-order valence-electron chi connectivity index (χ3n) is 5.03. The molecule has 4 rings (SSSR count). The number of carbonyl (C=O) groups is 1. The van der Waals surface area contributed by atoms with Crippen LogP contribution in [-0.2, 0) is 11.5 Å². The van der Waals surface area contributed by atoms with E-state index < -0.39 is 0 Å². The number of nitrogens with zero attached hydrogens (tertiary/aromatic N) is 2. The maximum Gasteiger partial charge on any atom is 0.301 e. The molecule has 0 saturated carbocycles. The van der Waals surface area contributed by atoms with Gasteiger partial charge in [-0.1, -0.05) is 48.5 Å². The molecule has 0 bridgehead atoms. The van der Waals surface area contributed by atoms with E-state index in [0.29, 0.717) is 5.76 Å². The van der Waals surface area contributed by atoms with Crippen molar-refractivity contribution in [3.63, 3.8) is 0 Å². The van der Waals surface area contributed by atoms with Crippen LogP contribution in [-0.4, -0.2) is 49.0 Å². The van der Waals surface area contributed by atoms with Crippen molar-refractivity contribution in [3.8, 4) is 0 Å². The van der Waals surface area contributed by atoms with E-state index in [0.717, 1.165) is 54.2 Å². The van der Waals surface area contributed by atoms with Crippen molar-refractivity contribution < 1.29 is 9.21 Å². The SMILES string of the molecule is CN1CCN(NC(=O)c2oc3ccccc3c2CSCc2ccccc2)CC1. The summed E-state index contributed by atoms with van der Waals surface area (Å²) >= 11 is 1.80. The van der Waals surface area contributed by atoms with E-state index >= 15 is 0 Å². The van der Waals surface area contributed by atoms with Gasteiger partial charge in [-0.2, -0.15) is 11.8 Å². The Balaban J connectivity index is 1.50. The molecule has 0 atom stereocenters. The Morgan fingerprint density at radius 2 is 1.71 bits per heavy atom. The highest BCUT2D eigenvalue weighted by Crippen LogP contribution is 2.30. The average Bonchev–Trinajstić information content (AvgIpc) is 3.09. The van der Waals surface area contributed by atoms with Crippen LogP contribution >= 0.6 is 11.8 Å². The predicted molar refractivity (Wildman–Crippen MR) is 114 cm³/mol. The van der Waals surface area contributed by atoms with Crippen molar-refractivity contribution in [1.29, 1.82) is 0 Å². The fraction of sp³-hybridized carbons (Fsp3) is 0.318. The number of hydrogen-bond acceptors (Lipinski definition) is 5. The normalized spacial score (nSPS) is 15.8. The topological polar surface area (TPSA) is 48.7 Å². The molecule has 0 aliphatic carbocycles. The molecule has 1 fully saturated rings. The second kappa shape index (κ2) is 8.82. The maximum absolute atomic E-state index is 12.9. The summed E-state index contributed by atoms with van der Waals surface area (Å²) in [5, 5.41) is 3.00. The monoisotopic (exact) mass is 395 g/mol. The zero-order valence-corrected chi connectivity index (χ0v) is 16.9. The van der Waals surface area contributed by atoms with E-state index in [4.69, 9.17) is 4.42 Å². The number of para-hydroxylation sites is 1. The second-order valence-electron chi connectivity index (χ2n) is 7.12. The maximum atomic E-state index is 12.9. The van der Waals surface area contributed by atoms with Crippen LogP contribution in [0.2, 0.25) is 0 Å². The van der Waals surface area contributed by atoms with Crippen molar-refractivity contribution in [2.45, 2.75) is 11.5 Å². The summed E-state index contributed by atoms with van der Waals surface area (Å²) in [5.41, 5.74) is 6.05. The van der Waals surface area contributed by atoms with Crippen LogP contribution in [0.15, 0.2) is 59.0 Å². The number of rotatable bonds is 6. The minimum atomic E-state index is -0.156. The number of likely N-dealkylation sites (N-methyl/N-ethyl adjacent to an activating group) is 1. The van der Waals surface area contributed by atoms with Crippen LogP contribution in [0.3, 0.4) is 0 Å². The summed E-state index contributed by atoms with van der Waals surface area (Å²) in [6, 6.07) is 18.3. The van der Waals surface area contributed by atoms with Gasteiger partial charge in [0.05, 0.1) is 0 Å². The lowest BCUT2D eigenvalue weighted by atomic mass is 10.1. The van der Waals surface area contributed by atoms with Crippen LogP contribution in [0.1, 0.15) is 21.7 Å². The van der Waals surface area contributed by atoms with Gasteiger partial charge in [-0.15, -0.1) is 0 Å². The Hall–Kier alpha value is -2.28. The van der Waals surface area contributed by atoms with Crippen LogP contribution in [0.25, 0.3) is 11.0 Å². The summed E-state index contributed by atoms with van der Waals surface area (Å²) in [6.07, 6.45) is 0. The molecule has 0 unspecified atom stereocenters. The summed E-state index contributed by atoms with van der Waals surface area (Å²) in [7, 11) is 2.10. The van der Waals surface area contributed by atoms with E-state index in [1.165, 1.54) is 5.56 Å². The molecule has 6 heteroatoms. The van der Waals surface area contributed by atoms with Gasteiger partial charge in [-0.3, -0.25) is 10.2 Å². The predicted octanol–water partition coefficient (Wildman–Crippen LogP) is 3.76. The summed E-state index contributed by atoms with van der Waals surface area (Å²) < 4.78 is 5.96. The van der Waals surface area contributed by atoms with Gasteiger partial charge in [0, 0.05) is 48.6 Å². The Kier molecular flexibility index (Phi) is 6.00. The number of hydrazine groups is 1. The molecule has 3 aromatic rings. The average molecular weight is 396 g/mol. The number of furan rings is 1. The van der Waals surface area contributed by atoms with Gasteiger partial charge in [0.15, 0.2) is 5.76 Å². The van der Waals surface area contributed by atoms with Crippen molar-refractivity contribution >= 4 is 28.6 Å². The molecule has 1 amide bonds. The lowest BCUT2D eigenvalue weighted by Crippen LogP contribution is -2.52. The van der Waals surface area contributed by atoms with Crippen LogP contribution in [0.4, 0.5) is 0 Å². The molecule has 1 N–H and O–H groups in total. The van der Waals surface area contributed by atoms with Crippen LogP contribution < -0.4 is 5.43 Å². The van der Waals surface area contributed by atoms with Gasteiger partial charge >= 0.3 is 5.91 Å². The van der Waals surface area contributed by atoms with Crippen LogP contribution in [0, 0.1) is 0 Å². The first-order valence-corrected chi connectivity index (χ1v) is 10.7. The fourth-order valence-electron chi connectivity index (χ4n) is 3.38. The number of amides is 1. The molecule has 2 aromatic carbocycles. The molecule has 1 saturated heterocycles. The summed E-state index contributed by atoms with van der Waals surface area (Å²) in [5.74, 6) is 1.91. The van der Waals surface area contributed by atoms with Gasteiger partial charge < -0.3 is 9.32 Å². The van der Waals surface area contributed by atoms with E-state index in [1.807, 2.05) is 35.3 Å². The van der Waals surface area contributed by atoms with Gasteiger partial charge in [0.25, 0.3) is 0 Å². The van der Waals surface area contributed by atoms with Crippen molar-refractivity contribution in [1.82, 2.24) is 15.3 Å². The number of benzene rings is 2. The molecule has 5 nitrogen and oxygen atoms in total. The Morgan fingerprint density at radius 3 is 2.50 bits per heavy atom. The van der Waals surface area contributed by atoms with Gasteiger partial charge in [0.1, 0.15) is 5.58 Å². The zero-order chi connectivity index (χ0) is 19.3. The van der Waals surface area contributed by atoms with Crippen LogP contribution in [0.5, 0.6) is 0 Å². The Bertz CT molecular complexity index is 933. The smallest absolute Gasteiger partial charge is 0.301 e. The largest absolute Gasteiger partial charge is 0.451 e. The number of carbonyl (C=O) groups excluding carboxylic acids is 1. The molecule has 1 aromatic heterocycles.